The number of hydrogen-bond acceptors (Lipinski definition) is 5. The van der Waals surface area contributed by atoms with Gasteiger partial charge >= 0.3 is 0 Å². The van der Waals surface area contributed by atoms with Gasteiger partial charge in [-0.15, -0.1) is 0 Å². The van der Waals surface area contributed by atoms with Crippen LogP contribution in [-0.4, -0.2) is 34.7 Å². The molecule has 27 heavy (non-hydrogen) atoms. The third-order valence-electron chi connectivity index (χ3n) is 4.27. The van der Waals surface area contributed by atoms with Crippen LogP contribution in [0.4, 0.5) is 5.69 Å². The second kappa shape index (κ2) is 8.67. The summed E-state index contributed by atoms with van der Waals surface area (Å²) in [4.78, 5) is 24.3. The Bertz CT molecular complexity index is 843. The number of nitrogens with zero attached hydrogens (tertiary/aromatic N) is 2. The first kappa shape index (κ1) is 19.6. The Morgan fingerprint density at radius 3 is 2.89 bits per heavy atom. The fourth-order valence-electron chi connectivity index (χ4n) is 2.93. The lowest BCUT2D eigenvalue weighted by atomic mass is 10.2. The van der Waals surface area contributed by atoms with Gasteiger partial charge in [0.05, 0.1) is 6.20 Å². The van der Waals surface area contributed by atoms with E-state index in [1.54, 1.807) is 4.68 Å². The van der Waals surface area contributed by atoms with Crippen LogP contribution < -0.4 is 10.1 Å². The van der Waals surface area contributed by atoms with Crippen LogP contribution in [0.5, 0.6) is 5.75 Å². The van der Waals surface area contributed by atoms with E-state index in [1.165, 1.54) is 13.1 Å². The average Bonchev–Trinajstić information content (AvgIpc) is 3.07. The van der Waals surface area contributed by atoms with Gasteiger partial charge < -0.3 is 14.8 Å². The Labute approximate surface area is 166 Å². The number of ketones is 1. The van der Waals surface area contributed by atoms with E-state index in [0.717, 1.165) is 29.3 Å². The topological polar surface area (TPSA) is 82.4 Å². The molecule has 8 heteroatoms. The number of aryl methyl sites for hydroxylation is 1. The lowest BCUT2D eigenvalue weighted by molar-refractivity contribution is -0.118. The number of amides is 1. The zero-order valence-corrected chi connectivity index (χ0v) is 16.9. The third kappa shape index (κ3) is 4.75. The summed E-state index contributed by atoms with van der Waals surface area (Å²) in [6, 6.07) is 5.60. The molecule has 3 rings (SSSR count). The van der Waals surface area contributed by atoms with Crippen molar-refractivity contribution in [2.45, 2.75) is 39.3 Å². The normalized spacial score (nSPS) is 16.8. The van der Waals surface area contributed by atoms with E-state index in [1.807, 2.05) is 25.1 Å². The second-order valence-electron chi connectivity index (χ2n) is 6.53. The molecule has 0 bridgehead atoms. The van der Waals surface area contributed by atoms with Gasteiger partial charge in [0, 0.05) is 16.8 Å². The summed E-state index contributed by atoms with van der Waals surface area (Å²) in [5.74, 6) is -0.218. The van der Waals surface area contributed by atoms with Crippen LogP contribution in [0, 0.1) is 6.92 Å². The predicted molar refractivity (Wildman–Crippen MR) is 104 cm³/mol. The van der Waals surface area contributed by atoms with Crippen LogP contribution in [-0.2, 0) is 9.53 Å². The summed E-state index contributed by atoms with van der Waals surface area (Å²) in [6.45, 7) is 3.85. The number of carbonyl (C=O) groups is 2. The largest absolute Gasteiger partial charge is 0.482 e. The molecule has 0 aliphatic carbocycles. The molecule has 1 unspecified atom stereocenters. The number of aromatic nitrogens is 2. The molecule has 0 radical (unpaired) electrons. The molecule has 2 aromatic rings. The molecule has 144 valence electrons. The molecule has 1 aliphatic heterocycles. The minimum Gasteiger partial charge on any atom is -0.482 e. The summed E-state index contributed by atoms with van der Waals surface area (Å²) in [7, 11) is 0. The van der Waals surface area contributed by atoms with Crippen LogP contribution in [0.15, 0.2) is 28.9 Å². The maximum atomic E-state index is 13.0. The maximum Gasteiger partial charge on any atom is 0.277 e. The van der Waals surface area contributed by atoms with Crippen LogP contribution in [0.25, 0.3) is 0 Å². The van der Waals surface area contributed by atoms with Crippen molar-refractivity contribution in [3.05, 3.63) is 40.1 Å². The van der Waals surface area contributed by atoms with Crippen molar-refractivity contribution in [2.75, 3.05) is 18.5 Å². The molecule has 1 aliphatic rings. The molecular formula is C19H22BrN3O4. The van der Waals surface area contributed by atoms with E-state index in [-0.39, 0.29) is 36.0 Å². The van der Waals surface area contributed by atoms with Gasteiger partial charge in [0.2, 0.25) is 0 Å². The van der Waals surface area contributed by atoms with Crippen molar-refractivity contribution in [1.29, 1.82) is 0 Å². The second-order valence-corrected chi connectivity index (χ2v) is 7.44. The number of ether oxygens (including phenoxy) is 2. The first-order valence-corrected chi connectivity index (χ1v) is 9.64. The Kier molecular flexibility index (Phi) is 6.28. The quantitative estimate of drug-likeness (QED) is 0.744. The van der Waals surface area contributed by atoms with Crippen molar-refractivity contribution in [3.63, 3.8) is 0 Å². The first-order valence-electron chi connectivity index (χ1n) is 8.84. The van der Waals surface area contributed by atoms with E-state index in [2.05, 4.69) is 26.3 Å². The van der Waals surface area contributed by atoms with Crippen LogP contribution >= 0.6 is 15.9 Å². The highest BCUT2D eigenvalue weighted by Gasteiger charge is 2.27. The highest BCUT2D eigenvalue weighted by Crippen LogP contribution is 2.29. The Morgan fingerprint density at radius 2 is 2.22 bits per heavy atom. The number of benzene rings is 1. The van der Waals surface area contributed by atoms with Gasteiger partial charge in [0.25, 0.3) is 5.91 Å². The SMILES string of the molecule is CC(=O)COc1cnn(C2CCCCO2)c1C(=O)Nc1ccc(Br)cc1C. The molecule has 1 fully saturated rings. The van der Waals surface area contributed by atoms with Crippen molar-refractivity contribution in [2.24, 2.45) is 0 Å². The predicted octanol–water partition coefficient (Wildman–Crippen LogP) is 3.87. The number of halogens is 1. The molecule has 1 amide bonds. The number of hydrogen-bond donors (Lipinski definition) is 1. The Balaban J connectivity index is 1.90. The van der Waals surface area contributed by atoms with Crippen LogP contribution in [0.2, 0.25) is 0 Å². The summed E-state index contributed by atoms with van der Waals surface area (Å²) in [6.07, 6.45) is 3.90. The molecule has 1 aromatic heterocycles. The maximum absolute atomic E-state index is 13.0. The van der Waals surface area contributed by atoms with Gasteiger partial charge in [-0.3, -0.25) is 9.59 Å². The molecule has 0 saturated carbocycles. The fraction of sp³-hybridized carbons (Fsp3) is 0.421. The standard InChI is InChI=1S/C19H22BrN3O4/c1-12-9-14(20)6-7-15(12)22-19(25)18-16(27-11-13(2)24)10-21-23(18)17-5-3-4-8-26-17/h6-7,9-10,17H,3-5,8,11H2,1-2H3,(H,22,25). The summed E-state index contributed by atoms with van der Waals surface area (Å²) in [5, 5.41) is 7.21. The monoisotopic (exact) mass is 435 g/mol. The van der Waals surface area contributed by atoms with Crippen molar-refractivity contribution < 1.29 is 19.1 Å². The van der Waals surface area contributed by atoms with Crippen LogP contribution in [0.1, 0.15) is 48.5 Å². The van der Waals surface area contributed by atoms with E-state index in [4.69, 9.17) is 9.47 Å². The van der Waals surface area contributed by atoms with E-state index < -0.39 is 0 Å². The number of carbonyl (C=O) groups excluding carboxylic acids is 2. The summed E-state index contributed by atoms with van der Waals surface area (Å²) in [5.41, 5.74) is 1.87. The van der Waals surface area contributed by atoms with Gasteiger partial charge in [-0.25, -0.2) is 4.68 Å². The molecule has 0 spiro atoms. The minimum atomic E-state index is -0.356. The summed E-state index contributed by atoms with van der Waals surface area (Å²) >= 11 is 3.42. The van der Waals surface area contributed by atoms with Gasteiger partial charge in [-0.1, -0.05) is 15.9 Å². The zero-order chi connectivity index (χ0) is 19.4. The average molecular weight is 436 g/mol. The first-order chi connectivity index (χ1) is 13.0. The highest BCUT2D eigenvalue weighted by atomic mass is 79.9. The molecule has 7 nitrogen and oxygen atoms in total. The number of rotatable bonds is 6. The number of Topliss-reactive ketones (excluding diaryl/α,β-unsaturated/α-hetero) is 1. The van der Waals surface area contributed by atoms with Crippen molar-refractivity contribution in [3.8, 4) is 5.75 Å². The van der Waals surface area contributed by atoms with Gasteiger partial charge in [-0.2, -0.15) is 5.10 Å². The molecule has 1 saturated heterocycles. The van der Waals surface area contributed by atoms with E-state index in [9.17, 15) is 9.59 Å². The van der Waals surface area contributed by atoms with Gasteiger partial charge in [0.1, 0.15) is 6.61 Å². The Hall–Kier alpha value is -2.19. The van der Waals surface area contributed by atoms with Crippen LogP contribution in [0.3, 0.4) is 0 Å². The fourth-order valence-corrected chi connectivity index (χ4v) is 3.41. The van der Waals surface area contributed by atoms with E-state index in [0.29, 0.717) is 12.3 Å². The van der Waals surface area contributed by atoms with Gasteiger partial charge in [-0.05, 0) is 56.9 Å². The lowest BCUT2D eigenvalue weighted by Gasteiger charge is -2.24. The molecule has 1 atom stereocenters. The minimum absolute atomic E-state index is 0.116. The molecular weight excluding hydrogens is 414 g/mol. The van der Waals surface area contributed by atoms with Gasteiger partial charge in [0.15, 0.2) is 23.5 Å². The van der Waals surface area contributed by atoms with Crippen molar-refractivity contribution >= 4 is 33.3 Å². The number of nitrogens with one attached hydrogen (secondary N) is 1. The summed E-state index contributed by atoms with van der Waals surface area (Å²) < 4.78 is 13.8. The lowest BCUT2D eigenvalue weighted by Crippen LogP contribution is -2.26. The van der Waals surface area contributed by atoms with E-state index >= 15 is 0 Å². The van der Waals surface area contributed by atoms with Crippen molar-refractivity contribution in [1.82, 2.24) is 9.78 Å². The Morgan fingerprint density at radius 1 is 1.41 bits per heavy atom. The molecule has 1 N–H and O–H groups in total. The number of anilines is 1. The zero-order valence-electron chi connectivity index (χ0n) is 15.3. The third-order valence-corrected chi connectivity index (χ3v) is 4.77. The smallest absolute Gasteiger partial charge is 0.277 e. The molecule has 1 aromatic carbocycles. The molecule has 2 heterocycles. The highest BCUT2D eigenvalue weighted by molar-refractivity contribution is 9.10.